The number of pyridine rings is 1. The molecule has 146 valence electrons. The first-order chi connectivity index (χ1) is 13.4. The van der Waals surface area contributed by atoms with Crippen LogP contribution < -0.4 is 16.0 Å². The van der Waals surface area contributed by atoms with E-state index in [9.17, 15) is 9.59 Å². The molecule has 9 nitrogen and oxygen atoms in total. The highest BCUT2D eigenvalue weighted by atomic mass is 16.6. The van der Waals surface area contributed by atoms with Gasteiger partial charge in [0, 0.05) is 12.3 Å². The molecular weight excluding hydrogens is 360 g/mol. The third kappa shape index (κ3) is 4.76. The first-order valence-electron chi connectivity index (χ1n) is 8.86. The molecule has 28 heavy (non-hydrogen) atoms. The number of benzene rings is 1. The van der Waals surface area contributed by atoms with Crippen molar-refractivity contribution in [1.29, 1.82) is 0 Å². The van der Waals surface area contributed by atoms with Crippen LogP contribution in [0.1, 0.15) is 32.4 Å². The van der Waals surface area contributed by atoms with Gasteiger partial charge in [-0.1, -0.05) is 30.3 Å². The van der Waals surface area contributed by atoms with Crippen molar-refractivity contribution in [1.82, 2.24) is 20.5 Å². The van der Waals surface area contributed by atoms with E-state index in [1.807, 2.05) is 37.3 Å². The summed E-state index contributed by atoms with van der Waals surface area (Å²) in [6, 6.07) is 10.8. The Balaban J connectivity index is 1.64. The van der Waals surface area contributed by atoms with Crippen molar-refractivity contribution in [2.75, 3.05) is 10.6 Å². The van der Waals surface area contributed by atoms with Gasteiger partial charge < -0.3 is 10.1 Å². The first-order valence-corrected chi connectivity index (χ1v) is 8.86. The molecular formula is C19H22N6O3. The highest BCUT2D eigenvalue weighted by molar-refractivity contribution is 5.98. The maximum absolute atomic E-state index is 12.2. The van der Waals surface area contributed by atoms with E-state index in [-0.39, 0.29) is 18.2 Å². The predicted octanol–water partition coefficient (Wildman–Crippen LogP) is 3.80. The van der Waals surface area contributed by atoms with Crippen LogP contribution in [0.3, 0.4) is 0 Å². The van der Waals surface area contributed by atoms with Crippen LogP contribution in [0, 0.1) is 0 Å². The van der Waals surface area contributed by atoms with Crippen molar-refractivity contribution in [2.45, 2.75) is 32.9 Å². The Kier molecular flexibility index (Phi) is 5.73. The van der Waals surface area contributed by atoms with Gasteiger partial charge in [0.25, 0.3) is 0 Å². The molecule has 2 heterocycles. The van der Waals surface area contributed by atoms with Crippen LogP contribution in [0.15, 0.2) is 42.6 Å². The van der Waals surface area contributed by atoms with Gasteiger partial charge in [0.2, 0.25) is 0 Å². The van der Waals surface area contributed by atoms with Gasteiger partial charge in [-0.05, 0) is 26.3 Å². The molecule has 0 fully saturated rings. The summed E-state index contributed by atoms with van der Waals surface area (Å²) in [6.07, 6.45) is 0.677. The lowest BCUT2D eigenvalue weighted by molar-refractivity contribution is 0.130. The largest absolute Gasteiger partial charge is 0.447 e. The number of aromatic nitrogens is 3. The molecule has 0 radical (unpaired) electrons. The highest BCUT2D eigenvalue weighted by Gasteiger charge is 2.14. The number of aromatic amines is 1. The van der Waals surface area contributed by atoms with Crippen LogP contribution in [0.5, 0.6) is 0 Å². The number of ether oxygens (including phenoxy) is 1. The predicted molar refractivity (Wildman–Crippen MR) is 106 cm³/mol. The molecule has 0 aliphatic heterocycles. The number of fused-ring (bicyclic) bond motifs is 1. The fourth-order valence-corrected chi connectivity index (χ4v) is 2.59. The molecule has 0 saturated carbocycles. The van der Waals surface area contributed by atoms with Gasteiger partial charge in [0.1, 0.15) is 5.82 Å². The van der Waals surface area contributed by atoms with Crippen LogP contribution in [-0.4, -0.2) is 33.4 Å². The molecule has 0 spiro atoms. The molecule has 3 amide bonds. The Labute approximate surface area is 161 Å². The van der Waals surface area contributed by atoms with E-state index < -0.39 is 6.09 Å². The van der Waals surface area contributed by atoms with E-state index in [2.05, 4.69) is 31.1 Å². The third-order valence-corrected chi connectivity index (χ3v) is 3.90. The standard InChI is InChI=1S/C19H22N6O3/c1-11(2)28-19(27)23-17-14-10-20-16(9-15(14)24-25-17)22-18(26)21-12(3)13-7-5-4-6-8-13/h4-12H,1-3H3,(H2,20,21,22,26)(H2,23,24,25,27). The number of amides is 3. The Morgan fingerprint density at radius 3 is 2.57 bits per heavy atom. The SMILES string of the molecule is CC(C)OC(=O)Nc1n[nH]c2cc(NC(=O)NC(C)c3ccccc3)ncc12. The summed E-state index contributed by atoms with van der Waals surface area (Å²) in [5.74, 6) is 0.659. The second kappa shape index (κ2) is 8.38. The minimum absolute atomic E-state index is 0.153. The number of nitrogens with zero attached hydrogens (tertiary/aromatic N) is 2. The fraction of sp³-hybridized carbons (Fsp3) is 0.263. The van der Waals surface area contributed by atoms with Crippen molar-refractivity contribution in [3.05, 3.63) is 48.2 Å². The van der Waals surface area contributed by atoms with Crippen molar-refractivity contribution in [3.8, 4) is 0 Å². The summed E-state index contributed by atoms with van der Waals surface area (Å²) < 4.78 is 5.03. The Hall–Kier alpha value is -3.62. The summed E-state index contributed by atoms with van der Waals surface area (Å²) >= 11 is 0. The molecule has 0 saturated heterocycles. The molecule has 1 atom stereocenters. The van der Waals surface area contributed by atoms with Gasteiger partial charge in [-0.2, -0.15) is 5.10 Å². The molecule has 1 unspecified atom stereocenters. The van der Waals surface area contributed by atoms with Crippen LogP contribution in [-0.2, 0) is 4.74 Å². The number of anilines is 2. The van der Waals surface area contributed by atoms with Crippen molar-refractivity contribution >= 4 is 34.7 Å². The number of nitrogens with one attached hydrogen (secondary N) is 4. The monoisotopic (exact) mass is 382 g/mol. The summed E-state index contributed by atoms with van der Waals surface area (Å²) in [7, 11) is 0. The maximum Gasteiger partial charge on any atom is 0.413 e. The lowest BCUT2D eigenvalue weighted by atomic mass is 10.1. The van der Waals surface area contributed by atoms with Crippen LogP contribution in [0.2, 0.25) is 0 Å². The van der Waals surface area contributed by atoms with E-state index in [1.165, 1.54) is 6.20 Å². The zero-order valence-electron chi connectivity index (χ0n) is 15.8. The molecule has 3 rings (SSSR count). The first kappa shape index (κ1) is 19.2. The lowest BCUT2D eigenvalue weighted by Gasteiger charge is -2.14. The summed E-state index contributed by atoms with van der Waals surface area (Å²) in [5, 5.41) is 15.5. The lowest BCUT2D eigenvalue weighted by Crippen LogP contribution is -2.31. The number of hydrogen-bond acceptors (Lipinski definition) is 5. The quantitative estimate of drug-likeness (QED) is 0.535. The van der Waals surface area contributed by atoms with Crippen LogP contribution >= 0.6 is 0 Å². The van der Waals surface area contributed by atoms with Crippen molar-refractivity contribution in [2.24, 2.45) is 0 Å². The van der Waals surface area contributed by atoms with Gasteiger partial charge >= 0.3 is 12.1 Å². The zero-order chi connectivity index (χ0) is 20.1. The van der Waals surface area contributed by atoms with E-state index in [0.29, 0.717) is 22.5 Å². The summed E-state index contributed by atoms with van der Waals surface area (Å²) in [6.45, 7) is 5.41. The number of carbonyl (C=O) groups excluding carboxylic acids is 2. The Morgan fingerprint density at radius 1 is 1.11 bits per heavy atom. The van der Waals surface area contributed by atoms with Crippen molar-refractivity contribution in [3.63, 3.8) is 0 Å². The molecule has 9 heteroatoms. The average molecular weight is 382 g/mol. The maximum atomic E-state index is 12.2. The molecule has 0 bridgehead atoms. The normalized spacial score (nSPS) is 11.9. The van der Waals surface area contributed by atoms with Gasteiger partial charge in [-0.15, -0.1) is 0 Å². The van der Waals surface area contributed by atoms with Crippen LogP contribution in [0.25, 0.3) is 10.9 Å². The average Bonchev–Trinajstić information content (AvgIpc) is 3.03. The summed E-state index contributed by atoms with van der Waals surface area (Å²) in [5.41, 5.74) is 1.61. The fourth-order valence-electron chi connectivity index (χ4n) is 2.59. The minimum Gasteiger partial charge on any atom is -0.447 e. The zero-order valence-corrected chi connectivity index (χ0v) is 15.8. The number of rotatable bonds is 5. The Morgan fingerprint density at radius 2 is 1.86 bits per heavy atom. The number of urea groups is 1. The van der Waals surface area contributed by atoms with E-state index in [1.54, 1.807) is 19.9 Å². The van der Waals surface area contributed by atoms with Gasteiger partial charge in [-0.3, -0.25) is 15.7 Å². The van der Waals surface area contributed by atoms with Crippen molar-refractivity contribution < 1.29 is 14.3 Å². The molecule has 3 aromatic rings. The van der Waals surface area contributed by atoms with E-state index >= 15 is 0 Å². The minimum atomic E-state index is -0.597. The van der Waals surface area contributed by atoms with Gasteiger partial charge in [0.15, 0.2) is 5.82 Å². The molecule has 1 aromatic carbocycles. The third-order valence-electron chi connectivity index (χ3n) is 3.90. The van der Waals surface area contributed by atoms with E-state index in [4.69, 9.17) is 4.74 Å². The summed E-state index contributed by atoms with van der Waals surface area (Å²) in [4.78, 5) is 28.2. The number of H-pyrrole nitrogens is 1. The Bertz CT molecular complexity index is 970. The smallest absolute Gasteiger partial charge is 0.413 e. The molecule has 0 aliphatic rings. The van der Waals surface area contributed by atoms with Crippen LogP contribution in [0.4, 0.5) is 21.2 Å². The van der Waals surface area contributed by atoms with Gasteiger partial charge in [-0.25, -0.2) is 14.6 Å². The number of carbonyl (C=O) groups is 2. The molecule has 0 aliphatic carbocycles. The topological polar surface area (TPSA) is 121 Å². The number of hydrogen-bond donors (Lipinski definition) is 4. The van der Waals surface area contributed by atoms with E-state index in [0.717, 1.165) is 5.56 Å². The second-order valence-electron chi connectivity index (χ2n) is 6.50. The van der Waals surface area contributed by atoms with Gasteiger partial charge in [0.05, 0.1) is 23.0 Å². The molecule has 4 N–H and O–H groups in total. The highest BCUT2D eigenvalue weighted by Crippen LogP contribution is 2.22. The molecule has 2 aromatic heterocycles. The second-order valence-corrected chi connectivity index (χ2v) is 6.50.